The molecular weight excluding hydrogens is 344 g/mol. The van der Waals surface area contributed by atoms with Crippen molar-refractivity contribution in [1.82, 2.24) is 10.2 Å². The zero-order valence-electron chi connectivity index (χ0n) is 15.1. The molecule has 26 heavy (non-hydrogen) atoms. The second kappa shape index (κ2) is 8.33. The van der Waals surface area contributed by atoms with Crippen LogP contribution in [0.4, 0.5) is 0 Å². The van der Waals surface area contributed by atoms with E-state index in [0.29, 0.717) is 6.54 Å². The van der Waals surface area contributed by atoms with Crippen molar-refractivity contribution in [2.75, 3.05) is 26.3 Å². The number of fused-ring (bicyclic) bond motifs is 1. The maximum Gasteiger partial charge on any atom is 0.252 e. The first kappa shape index (κ1) is 17.7. The second-order valence-electron chi connectivity index (χ2n) is 7.15. The first-order valence-corrected chi connectivity index (χ1v) is 10.4. The number of nitrogens with one attached hydrogen (secondary N) is 1. The number of carbonyl (C=O) groups is 1. The van der Waals surface area contributed by atoms with Crippen LogP contribution in [0.2, 0.25) is 0 Å². The van der Waals surface area contributed by atoms with Gasteiger partial charge in [0.15, 0.2) is 0 Å². The highest BCUT2D eigenvalue weighted by Crippen LogP contribution is 2.30. The molecule has 1 fully saturated rings. The number of hydrogen-bond acceptors (Lipinski definition) is 4. The van der Waals surface area contributed by atoms with Crippen LogP contribution in [0.3, 0.4) is 0 Å². The summed E-state index contributed by atoms with van der Waals surface area (Å²) < 4.78 is 5.39. The number of morpholine rings is 1. The molecule has 4 rings (SSSR count). The largest absolute Gasteiger partial charge is 0.379 e. The monoisotopic (exact) mass is 370 g/mol. The van der Waals surface area contributed by atoms with Crippen LogP contribution in [-0.2, 0) is 30.7 Å². The van der Waals surface area contributed by atoms with Crippen LogP contribution >= 0.6 is 11.3 Å². The number of hydrogen-bond donors (Lipinski definition) is 1. The molecule has 0 unspecified atom stereocenters. The summed E-state index contributed by atoms with van der Waals surface area (Å²) in [5, 5.41) is 5.13. The van der Waals surface area contributed by atoms with Gasteiger partial charge in [-0.2, -0.15) is 0 Å². The number of amides is 1. The van der Waals surface area contributed by atoms with E-state index in [0.717, 1.165) is 56.8 Å². The van der Waals surface area contributed by atoms with Crippen molar-refractivity contribution in [1.29, 1.82) is 0 Å². The predicted octanol–water partition coefficient (Wildman–Crippen LogP) is 3.39. The fourth-order valence-corrected chi connectivity index (χ4v) is 4.87. The van der Waals surface area contributed by atoms with E-state index in [2.05, 4.69) is 34.5 Å². The summed E-state index contributed by atoms with van der Waals surface area (Å²) in [4.78, 5) is 16.4. The van der Waals surface area contributed by atoms with Crippen molar-refractivity contribution in [2.45, 2.75) is 38.8 Å². The van der Waals surface area contributed by atoms with Gasteiger partial charge < -0.3 is 10.1 Å². The SMILES string of the molecule is O=C(NCc1ccc(CN2CCOCC2)cc1)c1csc2c1CCCC2. The van der Waals surface area contributed by atoms with Gasteiger partial charge in [0.05, 0.1) is 18.8 Å². The van der Waals surface area contributed by atoms with Crippen LogP contribution in [0.5, 0.6) is 0 Å². The number of thiophene rings is 1. The zero-order chi connectivity index (χ0) is 17.8. The van der Waals surface area contributed by atoms with Crippen molar-refractivity contribution in [3.8, 4) is 0 Å². The number of nitrogens with zero attached hydrogens (tertiary/aromatic N) is 1. The number of rotatable bonds is 5. The van der Waals surface area contributed by atoms with E-state index in [4.69, 9.17) is 4.74 Å². The maximum absolute atomic E-state index is 12.6. The molecule has 1 aliphatic carbocycles. The Labute approximate surface area is 159 Å². The smallest absolute Gasteiger partial charge is 0.252 e. The third-order valence-electron chi connectivity index (χ3n) is 5.29. The summed E-state index contributed by atoms with van der Waals surface area (Å²) in [5.41, 5.74) is 4.65. The summed E-state index contributed by atoms with van der Waals surface area (Å²) in [5.74, 6) is 0.0711. The highest BCUT2D eigenvalue weighted by atomic mass is 32.1. The van der Waals surface area contributed by atoms with E-state index in [9.17, 15) is 4.79 Å². The Kier molecular flexibility index (Phi) is 5.68. The Morgan fingerprint density at radius 2 is 1.81 bits per heavy atom. The lowest BCUT2D eigenvalue weighted by molar-refractivity contribution is 0.0342. The molecule has 138 valence electrons. The maximum atomic E-state index is 12.6. The fraction of sp³-hybridized carbons (Fsp3) is 0.476. The molecule has 0 saturated carbocycles. The Hall–Kier alpha value is -1.69. The molecule has 1 aromatic carbocycles. The highest BCUT2D eigenvalue weighted by Gasteiger charge is 2.19. The first-order valence-electron chi connectivity index (χ1n) is 9.55. The van der Waals surface area contributed by atoms with Gasteiger partial charge in [0.25, 0.3) is 5.91 Å². The first-order chi connectivity index (χ1) is 12.8. The average molecular weight is 371 g/mol. The number of aryl methyl sites for hydroxylation is 1. The normalized spacial score (nSPS) is 17.7. The van der Waals surface area contributed by atoms with Crippen LogP contribution in [0.25, 0.3) is 0 Å². The van der Waals surface area contributed by atoms with Crippen molar-refractivity contribution in [3.05, 3.63) is 56.8 Å². The van der Waals surface area contributed by atoms with E-state index >= 15 is 0 Å². The molecular formula is C21H26N2O2S. The fourth-order valence-electron chi connectivity index (χ4n) is 3.74. The summed E-state index contributed by atoms with van der Waals surface area (Å²) in [6.45, 7) is 5.22. The molecule has 0 atom stereocenters. The molecule has 5 heteroatoms. The van der Waals surface area contributed by atoms with E-state index in [-0.39, 0.29) is 5.91 Å². The molecule has 1 saturated heterocycles. The van der Waals surface area contributed by atoms with Crippen LogP contribution in [0.1, 0.15) is 44.8 Å². The van der Waals surface area contributed by atoms with Gasteiger partial charge in [0.1, 0.15) is 0 Å². The second-order valence-corrected chi connectivity index (χ2v) is 8.11. The van der Waals surface area contributed by atoms with Gasteiger partial charge in [-0.05, 0) is 42.4 Å². The van der Waals surface area contributed by atoms with Crippen LogP contribution in [-0.4, -0.2) is 37.1 Å². The van der Waals surface area contributed by atoms with Gasteiger partial charge in [0.2, 0.25) is 0 Å². The van der Waals surface area contributed by atoms with Crippen LogP contribution < -0.4 is 5.32 Å². The van der Waals surface area contributed by atoms with Crippen molar-refractivity contribution in [3.63, 3.8) is 0 Å². The Bertz CT molecular complexity index is 748. The number of ether oxygens (including phenoxy) is 1. The van der Waals surface area contributed by atoms with Crippen molar-refractivity contribution >= 4 is 17.2 Å². The lowest BCUT2D eigenvalue weighted by Gasteiger charge is -2.26. The Morgan fingerprint density at radius 3 is 2.62 bits per heavy atom. The van der Waals surface area contributed by atoms with Gasteiger partial charge >= 0.3 is 0 Å². The topological polar surface area (TPSA) is 41.6 Å². The van der Waals surface area contributed by atoms with Crippen LogP contribution in [0.15, 0.2) is 29.6 Å². The minimum absolute atomic E-state index is 0.0711. The third-order valence-corrected chi connectivity index (χ3v) is 6.38. The van der Waals surface area contributed by atoms with E-state index in [1.54, 1.807) is 11.3 Å². The average Bonchev–Trinajstić information content (AvgIpc) is 3.12. The molecule has 0 radical (unpaired) electrons. The van der Waals surface area contributed by atoms with Crippen molar-refractivity contribution < 1.29 is 9.53 Å². The molecule has 2 aliphatic rings. The molecule has 1 amide bonds. The summed E-state index contributed by atoms with van der Waals surface area (Å²) in [6, 6.07) is 8.59. The molecule has 4 nitrogen and oxygen atoms in total. The Morgan fingerprint density at radius 1 is 1.08 bits per heavy atom. The molecule has 1 aromatic heterocycles. The molecule has 2 aromatic rings. The zero-order valence-corrected chi connectivity index (χ0v) is 15.9. The van der Waals surface area contributed by atoms with Gasteiger partial charge in [-0.25, -0.2) is 0 Å². The minimum Gasteiger partial charge on any atom is -0.379 e. The van der Waals surface area contributed by atoms with Gasteiger partial charge in [-0.15, -0.1) is 11.3 Å². The van der Waals surface area contributed by atoms with E-state index < -0.39 is 0 Å². The lowest BCUT2D eigenvalue weighted by Crippen LogP contribution is -2.35. The third kappa shape index (κ3) is 4.17. The Balaban J connectivity index is 1.31. The van der Waals surface area contributed by atoms with Gasteiger partial charge in [-0.1, -0.05) is 24.3 Å². The molecule has 2 heterocycles. The molecule has 1 aliphatic heterocycles. The summed E-state index contributed by atoms with van der Waals surface area (Å²) in [7, 11) is 0. The lowest BCUT2D eigenvalue weighted by atomic mass is 9.95. The summed E-state index contributed by atoms with van der Waals surface area (Å²) >= 11 is 1.75. The molecule has 1 N–H and O–H groups in total. The van der Waals surface area contributed by atoms with Crippen LogP contribution in [0, 0.1) is 0 Å². The van der Waals surface area contributed by atoms with Crippen molar-refractivity contribution in [2.24, 2.45) is 0 Å². The standard InChI is InChI=1S/C21H26N2O2S/c24-21(19-15-26-20-4-2-1-3-18(19)20)22-13-16-5-7-17(8-6-16)14-23-9-11-25-12-10-23/h5-8,15H,1-4,9-14H2,(H,22,24). The predicted molar refractivity (Wildman–Crippen MR) is 105 cm³/mol. The molecule has 0 bridgehead atoms. The number of carbonyl (C=O) groups excluding carboxylic acids is 1. The van der Waals surface area contributed by atoms with Gasteiger partial charge in [0, 0.05) is 36.4 Å². The number of benzene rings is 1. The quantitative estimate of drug-likeness (QED) is 0.877. The molecule has 0 spiro atoms. The van der Waals surface area contributed by atoms with E-state index in [1.807, 2.05) is 5.38 Å². The highest BCUT2D eigenvalue weighted by molar-refractivity contribution is 7.10. The minimum atomic E-state index is 0.0711. The summed E-state index contributed by atoms with van der Waals surface area (Å²) in [6.07, 6.45) is 4.65. The van der Waals surface area contributed by atoms with E-state index in [1.165, 1.54) is 28.8 Å². The van der Waals surface area contributed by atoms with Gasteiger partial charge in [-0.3, -0.25) is 9.69 Å².